The van der Waals surface area contributed by atoms with Crippen LogP contribution in [0.5, 0.6) is 11.5 Å². The average Bonchev–Trinajstić information content (AvgIpc) is 2.47. The zero-order valence-electron chi connectivity index (χ0n) is 12.6. The van der Waals surface area contributed by atoms with E-state index < -0.39 is 0 Å². The Kier molecular flexibility index (Phi) is 5.26. The summed E-state index contributed by atoms with van der Waals surface area (Å²) in [6.45, 7) is 3.69. The van der Waals surface area contributed by atoms with Gasteiger partial charge in [-0.15, -0.1) is 0 Å². The molecule has 0 saturated carbocycles. The lowest BCUT2D eigenvalue weighted by molar-refractivity contribution is 0.0312. The van der Waals surface area contributed by atoms with Gasteiger partial charge >= 0.3 is 0 Å². The van der Waals surface area contributed by atoms with Crippen molar-refractivity contribution in [3.05, 3.63) is 23.8 Å². The van der Waals surface area contributed by atoms with Crippen molar-refractivity contribution < 1.29 is 14.6 Å². The van der Waals surface area contributed by atoms with Gasteiger partial charge in [-0.2, -0.15) is 0 Å². The van der Waals surface area contributed by atoms with Gasteiger partial charge in [0.25, 0.3) is 0 Å². The molecule has 1 saturated heterocycles. The minimum absolute atomic E-state index is 0.236. The van der Waals surface area contributed by atoms with Gasteiger partial charge < -0.3 is 14.6 Å². The Morgan fingerprint density at radius 1 is 1.30 bits per heavy atom. The largest absolute Gasteiger partial charge is 0.497 e. The molecule has 1 aromatic rings. The molecule has 20 heavy (non-hydrogen) atoms. The topological polar surface area (TPSA) is 41.9 Å². The van der Waals surface area contributed by atoms with Gasteiger partial charge in [-0.1, -0.05) is 6.42 Å². The fourth-order valence-corrected chi connectivity index (χ4v) is 2.98. The molecule has 1 aromatic carbocycles. The number of methoxy groups -OCH3 is 2. The Bertz CT molecular complexity index is 434. The highest BCUT2D eigenvalue weighted by molar-refractivity contribution is 5.40. The average molecular weight is 279 g/mol. The Labute approximate surface area is 121 Å². The summed E-state index contributed by atoms with van der Waals surface area (Å²) in [5, 5.41) is 9.96. The molecule has 2 rings (SSSR count). The van der Waals surface area contributed by atoms with E-state index in [0.717, 1.165) is 36.6 Å². The van der Waals surface area contributed by atoms with E-state index >= 15 is 0 Å². The van der Waals surface area contributed by atoms with Crippen molar-refractivity contribution in [2.75, 3.05) is 20.8 Å². The van der Waals surface area contributed by atoms with Crippen molar-refractivity contribution >= 4 is 0 Å². The van der Waals surface area contributed by atoms with E-state index in [-0.39, 0.29) is 12.1 Å². The van der Waals surface area contributed by atoms with Crippen molar-refractivity contribution in [3.63, 3.8) is 0 Å². The Balaban J connectivity index is 2.18. The molecule has 2 unspecified atom stereocenters. The lowest BCUT2D eigenvalue weighted by Gasteiger charge is -2.37. The molecule has 1 N–H and O–H groups in total. The molecule has 112 valence electrons. The third kappa shape index (κ3) is 3.44. The third-order valence-corrected chi connectivity index (χ3v) is 4.08. The molecule has 2 atom stereocenters. The summed E-state index contributed by atoms with van der Waals surface area (Å²) in [5.74, 6) is 1.71. The monoisotopic (exact) mass is 279 g/mol. The Morgan fingerprint density at radius 3 is 2.75 bits per heavy atom. The summed E-state index contributed by atoms with van der Waals surface area (Å²) >= 11 is 0. The number of aliphatic hydroxyl groups is 1. The SMILES string of the molecule is COc1ccc(OC)c(CN2CCCCC2C(C)O)c1. The van der Waals surface area contributed by atoms with Crippen LogP contribution in [0, 0.1) is 0 Å². The Hall–Kier alpha value is -1.26. The molecule has 0 spiro atoms. The van der Waals surface area contributed by atoms with Crippen molar-refractivity contribution in [2.24, 2.45) is 0 Å². The second-order valence-electron chi connectivity index (χ2n) is 5.45. The van der Waals surface area contributed by atoms with Gasteiger partial charge in [0.1, 0.15) is 11.5 Å². The van der Waals surface area contributed by atoms with E-state index in [1.54, 1.807) is 14.2 Å². The molecule has 4 nitrogen and oxygen atoms in total. The molecule has 0 aliphatic carbocycles. The normalized spacial score (nSPS) is 21.5. The predicted octanol–water partition coefficient (Wildman–Crippen LogP) is 2.44. The van der Waals surface area contributed by atoms with Gasteiger partial charge in [-0.3, -0.25) is 4.90 Å². The van der Waals surface area contributed by atoms with Crippen LogP contribution in [-0.4, -0.2) is 42.9 Å². The predicted molar refractivity (Wildman–Crippen MR) is 79.3 cm³/mol. The number of nitrogens with zero attached hydrogens (tertiary/aromatic N) is 1. The molecular weight excluding hydrogens is 254 g/mol. The summed E-state index contributed by atoms with van der Waals surface area (Å²) in [7, 11) is 3.36. The number of piperidine rings is 1. The van der Waals surface area contributed by atoms with Gasteiger partial charge in [-0.25, -0.2) is 0 Å². The highest BCUT2D eigenvalue weighted by Gasteiger charge is 2.26. The minimum Gasteiger partial charge on any atom is -0.497 e. The summed E-state index contributed by atoms with van der Waals surface area (Å²) < 4.78 is 10.7. The molecule has 0 amide bonds. The second kappa shape index (κ2) is 6.95. The number of likely N-dealkylation sites (tertiary alicyclic amines) is 1. The van der Waals surface area contributed by atoms with Crippen LogP contribution < -0.4 is 9.47 Å². The molecule has 1 aliphatic rings. The summed E-state index contributed by atoms with van der Waals surface area (Å²) in [6.07, 6.45) is 3.15. The molecule has 4 heteroatoms. The third-order valence-electron chi connectivity index (χ3n) is 4.08. The standard InChI is InChI=1S/C16H25NO3/c1-12(18)15-6-4-5-9-17(15)11-13-10-14(19-2)7-8-16(13)20-3/h7-8,10,12,15,18H,4-6,9,11H2,1-3H3. The molecule has 0 bridgehead atoms. The van der Waals surface area contributed by atoms with Gasteiger partial charge in [0.05, 0.1) is 20.3 Å². The number of hydrogen-bond donors (Lipinski definition) is 1. The van der Waals surface area contributed by atoms with E-state index in [1.165, 1.54) is 12.8 Å². The maximum absolute atomic E-state index is 9.96. The zero-order chi connectivity index (χ0) is 14.5. The van der Waals surface area contributed by atoms with Crippen LogP contribution >= 0.6 is 0 Å². The molecule has 1 aliphatic heterocycles. The number of benzene rings is 1. The fraction of sp³-hybridized carbons (Fsp3) is 0.625. The van der Waals surface area contributed by atoms with Crippen LogP contribution in [0.3, 0.4) is 0 Å². The van der Waals surface area contributed by atoms with Crippen LogP contribution in [0.25, 0.3) is 0 Å². The summed E-state index contributed by atoms with van der Waals surface area (Å²) in [4.78, 5) is 2.35. The van der Waals surface area contributed by atoms with E-state index in [4.69, 9.17) is 9.47 Å². The first kappa shape index (κ1) is 15.1. The number of aliphatic hydroxyl groups excluding tert-OH is 1. The Morgan fingerprint density at radius 2 is 2.10 bits per heavy atom. The highest BCUT2D eigenvalue weighted by Crippen LogP contribution is 2.28. The van der Waals surface area contributed by atoms with Gasteiger partial charge in [0.15, 0.2) is 0 Å². The number of rotatable bonds is 5. The fourth-order valence-electron chi connectivity index (χ4n) is 2.98. The van der Waals surface area contributed by atoms with E-state index in [1.807, 2.05) is 25.1 Å². The number of ether oxygens (including phenoxy) is 2. The molecule has 0 aromatic heterocycles. The van der Waals surface area contributed by atoms with Crippen LogP contribution in [0.1, 0.15) is 31.7 Å². The lowest BCUT2D eigenvalue weighted by Crippen LogP contribution is -2.45. The first-order chi connectivity index (χ1) is 9.65. The molecule has 0 radical (unpaired) electrons. The first-order valence-corrected chi connectivity index (χ1v) is 7.28. The van der Waals surface area contributed by atoms with Crippen LogP contribution in [0.2, 0.25) is 0 Å². The smallest absolute Gasteiger partial charge is 0.123 e. The van der Waals surface area contributed by atoms with Crippen molar-refractivity contribution in [1.82, 2.24) is 4.90 Å². The van der Waals surface area contributed by atoms with Gasteiger partial charge in [0, 0.05) is 18.2 Å². The van der Waals surface area contributed by atoms with E-state index in [0.29, 0.717) is 0 Å². The maximum atomic E-state index is 9.96. The molecular formula is C16H25NO3. The highest BCUT2D eigenvalue weighted by atomic mass is 16.5. The quantitative estimate of drug-likeness (QED) is 0.899. The summed E-state index contributed by atoms with van der Waals surface area (Å²) in [5.41, 5.74) is 1.11. The van der Waals surface area contributed by atoms with Crippen LogP contribution in [0.15, 0.2) is 18.2 Å². The molecule has 1 fully saturated rings. The van der Waals surface area contributed by atoms with Gasteiger partial charge in [0.2, 0.25) is 0 Å². The van der Waals surface area contributed by atoms with Crippen molar-refractivity contribution in [1.29, 1.82) is 0 Å². The van der Waals surface area contributed by atoms with E-state index in [2.05, 4.69) is 4.90 Å². The molecule has 1 heterocycles. The van der Waals surface area contributed by atoms with E-state index in [9.17, 15) is 5.11 Å². The minimum atomic E-state index is -0.299. The lowest BCUT2D eigenvalue weighted by atomic mass is 9.97. The maximum Gasteiger partial charge on any atom is 0.123 e. The number of hydrogen-bond acceptors (Lipinski definition) is 4. The van der Waals surface area contributed by atoms with Crippen LogP contribution in [0.4, 0.5) is 0 Å². The first-order valence-electron chi connectivity index (χ1n) is 7.28. The summed E-state index contributed by atoms with van der Waals surface area (Å²) in [6, 6.07) is 6.10. The zero-order valence-corrected chi connectivity index (χ0v) is 12.6. The van der Waals surface area contributed by atoms with Crippen LogP contribution in [-0.2, 0) is 6.54 Å². The van der Waals surface area contributed by atoms with Crippen molar-refractivity contribution in [2.45, 2.75) is 44.9 Å². The van der Waals surface area contributed by atoms with Crippen molar-refractivity contribution in [3.8, 4) is 11.5 Å². The second-order valence-corrected chi connectivity index (χ2v) is 5.45. The van der Waals surface area contributed by atoms with Gasteiger partial charge in [-0.05, 0) is 44.5 Å².